The van der Waals surface area contributed by atoms with E-state index in [1.807, 2.05) is 73.3 Å². The molecule has 0 saturated heterocycles. The minimum absolute atomic E-state index is 0.884. The number of aromatic nitrogens is 6. The van der Waals surface area contributed by atoms with Crippen molar-refractivity contribution in [2.45, 2.75) is 41.5 Å². The van der Waals surface area contributed by atoms with Gasteiger partial charge in [0.2, 0.25) is 0 Å². The van der Waals surface area contributed by atoms with Crippen molar-refractivity contribution in [2.75, 3.05) is 0 Å². The van der Waals surface area contributed by atoms with Gasteiger partial charge in [0.25, 0.3) is 0 Å². The molecule has 134 heavy (non-hydrogen) atoms. The summed E-state index contributed by atoms with van der Waals surface area (Å²) in [6.07, 6.45) is 7.29. The lowest BCUT2D eigenvalue weighted by Gasteiger charge is -2.12. The van der Waals surface area contributed by atoms with Gasteiger partial charge in [-0.15, -0.1) is 0 Å². The molecule has 0 bridgehead atoms. The molecule has 6 heteroatoms. The maximum atomic E-state index is 4.63. The molecule has 20 aromatic carbocycles. The lowest BCUT2D eigenvalue weighted by molar-refractivity contribution is 1.06. The lowest BCUT2D eigenvalue weighted by Crippen LogP contribution is -1.97. The predicted molar refractivity (Wildman–Crippen MR) is 570 cm³/mol. The first-order valence-electron chi connectivity index (χ1n) is 46.1. The summed E-state index contributed by atoms with van der Waals surface area (Å²) in [5.41, 5.74) is 30.5. The van der Waals surface area contributed by atoms with Crippen LogP contribution in [0.2, 0.25) is 0 Å². The average molecular weight is 1710 g/mol. The molecule has 6 nitrogen and oxygen atoms in total. The number of fused-ring (bicyclic) bond motifs is 26. The van der Waals surface area contributed by atoms with Crippen LogP contribution in [0.4, 0.5) is 0 Å². The molecule has 0 amide bonds. The van der Waals surface area contributed by atoms with E-state index in [0.717, 1.165) is 44.7 Å². The van der Waals surface area contributed by atoms with Crippen LogP contribution in [0.5, 0.6) is 0 Å². The maximum Gasteiger partial charge on any atom is 0.146 e. The van der Waals surface area contributed by atoms with Crippen molar-refractivity contribution in [2.24, 2.45) is 0 Å². The quantitative estimate of drug-likeness (QED) is 0.161. The van der Waals surface area contributed by atoms with Crippen molar-refractivity contribution in [1.29, 1.82) is 0 Å². The van der Waals surface area contributed by atoms with Crippen molar-refractivity contribution < 1.29 is 0 Å². The van der Waals surface area contributed by atoms with Crippen LogP contribution >= 0.6 is 0 Å². The summed E-state index contributed by atoms with van der Waals surface area (Å²) in [5, 5.41) is 29.0. The Morgan fingerprint density at radius 2 is 0.507 bits per heavy atom. The highest BCUT2D eigenvalue weighted by molar-refractivity contribution is 6.28. The highest BCUT2D eigenvalue weighted by Crippen LogP contribution is 2.53. The molecule has 0 fully saturated rings. The first-order chi connectivity index (χ1) is 66.0. The summed E-state index contributed by atoms with van der Waals surface area (Å²) in [7, 11) is 0. The van der Waals surface area contributed by atoms with E-state index in [9.17, 15) is 0 Å². The van der Waals surface area contributed by atoms with Gasteiger partial charge in [-0.25, -0.2) is 19.9 Å². The third kappa shape index (κ3) is 14.6. The van der Waals surface area contributed by atoms with Gasteiger partial charge in [0.1, 0.15) is 22.9 Å². The van der Waals surface area contributed by atoms with Gasteiger partial charge >= 0.3 is 0 Å². The fraction of sp³-hybridized carbons (Fsp3) is 0.0469. The van der Waals surface area contributed by atoms with E-state index in [0.29, 0.717) is 0 Å². The van der Waals surface area contributed by atoms with Gasteiger partial charge in [0.05, 0.1) is 11.0 Å². The second kappa shape index (κ2) is 34.4. The molecular weight excluding hydrogens is 1620 g/mol. The molecule has 26 aromatic rings. The predicted octanol–water partition coefficient (Wildman–Crippen LogP) is 34.4. The Morgan fingerprint density at radius 1 is 0.172 bits per heavy atom. The van der Waals surface area contributed by atoms with Gasteiger partial charge in [0.15, 0.2) is 0 Å². The fourth-order valence-electron chi connectivity index (χ4n) is 20.6. The number of pyridine rings is 4. The minimum atomic E-state index is 0.884. The van der Waals surface area contributed by atoms with E-state index in [4.69, 9.17) is 0 Å². The molecule has 634 valence electrons. The molecule has 28 rings (SSSR count). The summed E-state index contributed by atoms with van der Waals surface area (Å²) < 4.78 is 4.24. The third-order valence-corrected chi connectivity index (χ3v) is 27.0. The van der Waals surface area contributed by atoms with E-state index < -0.39 is 0 Å². The highest BCUT2D eigenvalue weighted by atomic mass is 15.1. The van der Waals surface area contributed by atoms with Crippen LogP contribution < -0.4 is 0 Å². The van der Waals surface area contributed by atoms with Crippen LogP contribution in [0.25, 0.3) is 230 Å². The molecule has 0 saturated carbocycles. The smallest absolute Gasteiger partial charge is 0.146 e. The summed E-state index contributed by atoms with van der Waals surface area (Å²) in [5.74, 6) is 1.78. The van der Waals surface area contributed by atoms with Crippen LogP contribution in [-0.2, 0) is 0 Å². The Kier molecular flexibility index (Phi) is 20.9. The monoisotopic (exact) mass is 1710 g/mol. The van der Waals surface area contributed by atoms with E-state index in [1.165, 1.54) is 219 Å². The minimum Gasteiger partial charge on any atom is -0.278 e. The standard InChI is InChI=1S/C25H18.C23H17N3.C23H16.C21H14.C19H14.C17H13N3/c1-17-10-12-18(13-11-17)19-14-15-24-22-8-3-2-6-20(22)21-7-4-5-9-23(21)25(24)16-19;1-16-7-9-17(10-8-16)18-11-12-21-20(15-18)19-5-4-14-25-23(19)26(21)22-6-2-3-13-24-22;1-15-9-11-16(12-10-15)17-13-14-22-19-6-3-2-5-18(19)21-8-4-7-20(17)23(21)22;1-13-9-11-17-18-12-10-14-5-2-3-6-16(14)21(18)19-8-4-7-15(13)20(17)19;1-13-10-11-18-16-8-3-2-6-14(16)15-7-4-5-9-17(15)19(18)12-13;1-12-7-8-15-14(11-12)13-5-4-10-19-17(13)20(15)16-6-2-3-9-18-16/h2-16H,1H3;2-15H,1H3;2-14H,1H3;2-12H,1H3;2-12H,1H3;2-11H,1H3. The van der Waals surface area contributed by atoms with Crippen LogP contribution in [0, 0.1) is 41.5 Å². The third-order valence-electron chi connectivity index (χ3n) is 27.0. The number of hydrogen-bond donors (Lipinski definition) is 0. The van der Waals surface area contributed by atoms with Gasteiger partial charge in [-0.1, -0.05) is 374 Å². The number of aryl methyl sites for hydroxylation is 6. The Morgan fingerprint density at radius 3 is 1.04 bits per heavy atom. The van der Waals surface area contributed by atoms with Crippen LogP contribution in [-0.4, -0.2) is 29.1 Å². The fourth-order valence-corrected chi connectivity index (χ4v) is 20.6. The van der Waals surface area contributed by atoms with E-state index >= 15 is 0 Å². The van der Waals surface area contributed by atoms with Crippen molar-refractivity contribution in [1.82, 2.24) is 29.1 Å². The molecule has 0 unspecified atom stereocenters. The Labute approximate surface area is 778 Å². The average Bonchev–Trinajstić information content (AvgIpc) is 1.29. The summed E-state index contributed by atoms with van der Waals surface area (Å²) >= 11 is 0. The molecule has 2 aliphatic rings. The Bertz CT molecular complexity index is 9000. The molecule has 0 aliphatic heterocycles. The second-order valence-electron chi connectivity index (χ2n) is 35.4. The zero-order valence-electron chi connectivity index (χ0n) is 75.4. The van der Waals surface area contributed by atoms with Crippen molar-refractivity contribution >= 4 is 141 Å². The molecular formula is C128H92N6. The first kappa shape index (κ1) is 81.4. The van der Waals surface area contributed by atoms with Crippen LogP contribution in [0.1, 0.15) is 33.4 Å². The van der Waals surface area contributed by atoms with Crippen molar-refractivity contribution in [3.8, 4) is 89.5 Å². The van der Waals surface area contributed by atoms with E-state index in [2.05, 4.69) is 447 Å². The number of nitrogens with zero attached hydrogens (tertiary/aromatic N) is 6. The largest absolute Gasteiger partial charge is 0.278 e. The molecule has 0 spiro atoms. The zero-order chi connectivity index (χ0) is 90.0. The van der Waals surface area contributed by atoms with Gasteiger partial charge in [-0.3, -0.25) is 9.13 Å². The molecule has 0 radical (unpaired) electrons. The topological polar surface area (TPSA) is 61.4 Å². The van der Waals surface area contributed by atoms with Gasteiger partial charge in [0, 0.05) is 46.3 Å². The number of benzene rings is 20. The molecule has 0 atom stereocenters. The summed E-state index contributed by atoms with van der Waals surface area (Å²) in [6, 6.07) is 152. The molecule has 6 heterocycles. The Hall–Kier alpha value is -17.1. The van der Waals surface area contributed by atoms with Crippen LogP contribution in [0.3, 0.4) is 0 Å². The van der Waals surface area contributed by atoms with Crippen molar-refractivity contribution in [3.63, 3.8) is 0 Å². The number of hydrogen-bond acceptors (Lipinski definition) is 4. The Balaban J connectivity index is 0.0000000911. The van der Waals surface area contributed by atoms with E-state index in [1.54, 1.807) is 0 Å². The van der Waals surface area contributed by atoms with Gasteiger partial charge in [-0.05, 0) is 301 Å². The number of rotatable bonds is 5. The SMILES string of the molecule is Cc1ccc(-c2ccc3c(c2)c2cccnc2n3-c2ccccn2)cc1.Cc1ccc(-c2ccc3c4c(cccc24)-c2ccccc2-3)cc1.Cc1ccc(-c2ccc3c4ccccc4c4ccccc4c3c2)cc1.Cc1ccc2c(c1)c1cccnc1n2-c1ccccn1.Cc1ccc2c3c(cccc13)-c1c-2ccc2ccccc12.Cc1ccc2c3ccccc3c3ccccc3c2c1. The lowest BCUT2D eigenvalue weighted by atomic mass is 9.92. The zero-order valence-corrected chi connectivity index (χ0v) is 75.4. The molecule has 0 N–H and O–H groups in total. The highest BCUT2D eigenvalue weighted by Gasteiger charge is 2.26. The van der Waals surface area contributed by atoms with Gasteiger partial charge < -0.3 is 0 Å². The normalized spacial score (nSPS) is 11.5. The van der Waals surface area contributed by atoms with Crippen molar-refractivity contribution in [3.05, 3.63) is 483 Å². The first-order valence-corrected chi connectivity index (χ1v) is 46.1. The summed E-state index contributed by atoms with van der Waals surface area (Å²) in [4.78, 5) is 18.2. The van der Waals surface area contributed by atoms with Crippen LogP contribution in [0.15, 0.2) is 449 Å². The second-order valence-corrected chi connectivity index (χ2v) is 35.4. The summed E-state index contributed by atoms with van der Waals surface area (Å²) in [6.45, 7) is 12.8. The molecule has 6 aromatic heterocycles. The molecule has 2 aliphatic carbocycles. The van der Waals surface area contributed by atoms with E-state index in [-0.39, 0.29) is 0 Å². The van der Waals surface area contributed by atoms with Gasteiger partial charge in [-0.2, -0.15) is 0 Å². The maximum absolute atomic E-state index is 4.63.